The number of anilines is 15. The third-order valence-electron chi connectivity index (χ3n) is 26.1. The predicted octanol–water partition coefficient (Wildman–Crippen LogP) is 36.5. The fourth-order valence-electron chi connectivity index (χ4n) is 18.7. The fraction of sp³-hybridized carbons (Fsp3) is 0.0229. The van der Waals surface area contributed by atoms with Gasteiger partial charge < -0.3 is 29.4 Å². The molecule has 0 bridgehead atoms. The van der Waals surface area contributed by atoms with Gasteiger partial charge in [0.25, 0.3) is 0 Å². The van der Waals surface area contributed by atoms with Crippen LogP contribution in [-0.2, 0) is 0 Å². The van der Waals surface area contributed by atoms with Gasteiger partial charge in [0.2, 0.25) is 0 Å². The summed E-state index contributed by atoms with van der Waals surface area (Å²) in [6.07, 6.45) is 0. The highest BCUT2D eigenvalue weighted by Gasteiger charge is 2.21. The van der Waals surface area contributed by atoms with Gasteiger partial charge in [-0.3, -0.25) is 0 Å². The highest BCUT2D eigenvalue weighted by Crippen LogP contribution is 2.45. The molecule has 654 valence electrons. The van der Waals surface area contributed by atoms with Crippen LogP contribution in [-0.4, -0.2) is 21.1 Å². The molecule has 0 aliphatic rings. The van der Waals surface area contributed by atoms with E-state index in [1.807, 2.05) is 6.07 Å². The van der Waals surface area contributed by atoms with Gasteiger partial charge in [0.15, 0.2) is 0 Å². The van der Waals surface area contributed by atoms with E-state index in [1.54, 1.807) is 0 Å². The number of benzene rings is 23. The van der Waals surface area contributed by atoms with Gasteiger partial charge in [-0.15, -0.1) is 0 Å². The summed E-state index contributed by atoms with van der Waals surface area (Å²) in [6, 6.07) is 198. The largest absolute Gasteiger partial charge is 0.345 e. The SMILES string of the molecule is CN(c1ccc(-c2ccc(N(c3cccc(-c4ccccc4)c3)c3ccc4ccccc4c3)cc2)cc1)c1ccc2ccccc2c1.CN(c1ccc(-c2ccc(N(c3cccc(-c4ccccc4)c3)c3ccc4ccccc4c3)cc2)cc1)c1cccc2ccccc12.CN(c1ccccc1)c1ccc(-c2ccc(N(c3cccc(-c4ccccc4)c3)c3ccc4ccccc4c3)cc2)cc1. The second kappa shape index (κ2) is 39.7. The van der Waals surface area contributed by atoms with E-state index in [0.717, 1.165) is 68.2 Å². The Kier molecular flexibility index (Phi) is 24.9. The quantitative estimate of drug-likeness (QED) is 0.0709. The monoisotopic (exact) mass is 1760 g/mol. The van der Waals surface area contributed by atoms with Crippen LogP contribution < -0.4 is 29.4 Å². The molecule has 6 heteroatoms. The summed E-state index contributed by atoms with van der Waals surface area (Å²) in [5.41, 5.74) is 31.4. The van der Waals surface area contributed by atoms with Gasteiger partial charge in [-0.05, 0) is 291 Å². The first kappa shape index (κ1) is 85.9. The third kappa shape index (κ3) is 19.1. The zero-order chi connectivity index (χ0) is 92.2. The van der Waals surface area contributed by atoms with Crippen LogP contribution >= 0.6 is 0 Å². The van der Waals surface area contributed by atoms with Crippen molar-refractivity contribution in [3.63, 3.8) is 0 Å². The maximum absolute atomic E-state index is 2.35. The second-order valence-corrected chi connectivity index (χ2v) is 34.7. The molecule has 23 rings (SSSR count). The first-order valence-corrected chi connectivity index (χ1v) is 46.8. The minimum absolute atomic E-state index is 1.11. The average Bonchev–Trinajstić information content (AvgIpc) is 0.787. The van der Waals surface area contributed by atoms with Crippen molar-refractivity contribution in [2.45, 2.75) is 0 Å². The number of para-hydroxylation sites is 1. The molecule has 0 spiro atoms. The maximum Gasteiger partial charge on any atom is 0.0487 e. The molecular formula is C131H100N6. The topological polar surface area (TPSA) is 19.4 Å². The molecule has 0 aliphatic heterocycles. The van der Waals surface area contributed by atoms with E-state index in [-0.39, 0.29) is 0 Å². The van der Waals surface area contributed by atoms with Gasteiger partial charge in [-0.1, -0.05) is 376 Å². The van der Waals surface area contributed by atoms with E-state index >= 15 is 0 Å². The summed E-state index contributed by atoms with van der Waals surface area (Å²) in [6.45, 7) is 0. The van der Waals surface area contributed by atoms with Crippen molar-refractivity contribution in [3.8, 4) is 66.8 Å². The number of nitrogens with zero attached hydrogens (tertiary/aromatic N) is 6. The van der Waals surface area contributed by atoms with Crippen LogP contribution in [0.1, 0.15) is 0 Å². The Morgan fingerprint density at radius 2 is 0.307 bits per heavy atom. The zero-order valence-corrected chi connectivity index (χ0v) is 76.7. The van der Waals surface area contributed by atoms with E-state index in [9.17, 15) is 0 Å². The molecule has 23 aromatic carbocycles. The molecule has 137 heavy (non-hydrogen) atoms. The number of hydrogen-bond acceptors (Lipinski definition) is 6. The summed E-state index contributed by atoms with van der Waals surface area (Å²) in [7, 11) is 6.37. The van der Waals surface area contributed by atoms with Crippen LogP contribution in [0.3, 0.4) is 0 Å². The molecule has 0 aromatic heterocycles. The molecule has 23 aromatic rings. The molecule has 0 fully saturated rings. The molecule has 0 unspecified atom stereocenters. The molecule has 0 N–H and O–H groups in total. The molecule has 0 amide bonds. The fourth-order valence-corrected chi connectivity index (χ4v) is 18.7. The lowest BCUT2D eigenvalue weighted by atomic mass is 10.0. The van der Waals surface area contributed by atoms with E-state index < -0.39 is 0 Å². The Hall–Kier alpha value is -17.8. The number of rotatable bonds is 21. The normalized spacial score (nSPS) is 11.0. The van der Waals surface area contributed by atoms with E-state index in [2.05, 4.69) is 597 Å². The molecule has 0 atom stereocenters. The Balaban J connectivity index is 0.000000123. The average molecular weight is 1760 g/mol. The highest BCUT2D eigenvalue weighted by atomic mass is 15.2. The Labute approximate surface area is 802 Å². The van der Waals surface area contributed by atoms with Crippen molar-refractivity contribution in [1.29, 1.82) is 0 Å². The van der Waals surface area contributed by atoms with Crippen LogP contribution in [0.15, 0.2) is 552 Å². The van der Waals surface area contributed by atoms with Crippen molar-refractivity contribution in [2.24, 2.45) is 0 Å². The summed E-state index contributed by atoms with van der Waals surface area (Å²) < 4.78 is 0. The van der Waals surface area contributed by atoms with Gasteiger partial charge >= 0.3 is 0 Å². The van der Waals surface area contributed by atoms with Crippen LogP contribution in [0.5, 0.6) is 0 Å². The first-order valence-electron chi connectivity index (χ1n) is 46.8. The summed E-state index contributed by atoms with van der Waals surface area (Å²) in [5, 5.41) is 12.4. The van der Waals surface area contributed by atoms with Crippen LogP contribution in [0.2, 0.25) is 0 Å². The van der Waals surface area contributed by atoms with Crippen LogP contribution in [0.4, 0.5) is 85.3 Å². The minimum atomic E-state index is 1.11. The molecule has 0 saturated carbocycles. The van der Waals surface area contributed by atoms with Crippen LogP contribution in [0, 0.1) is 0 Å². The van der Waals surface area contributed by atoms with Gasteiger partial charge in [-0.2, -0.15) is 0 Å². The zero-order valence-electron chi connectivity index (χ0n) is 76.7. The Bertz CT molecular complexity index is 8090. The molecule has 6 nitrogen and oxygen atoms in total. The lowest BCUT2D eigenvalue weighted by Gasteiger charge is -2.26. The van der Waals surface area contributed by atoms with Crippen molar-refractivity contribution in [3.05, 3.63) is 552 Å². The number of hydrogen-bond donors (Lipinski definition) is 0. The summed E-state index contributed by atoms with van der Waals surface area (Å²) in [4.78, 5) is 13.8. The minimum Gasteiger partial charge on any atom is -0.345 e. The smallest absolute Gasteiger partial charge is 0.0487 e. The van der Waals surface area contributed by atoms with Gasteiger partial charge in [0.1, 0.15) is 0 Å². The third-order valence-corrected chi connectivity index (χ3v) is 26.1. The van der Waals surface area contributed by atoms with Crippen molar-refractivity contribution < 1.29 is 0 Å². The van der Waals surface area contributed by atoms with Crippen molar-refractivity contribution >= 4 is 139 Å². The Morgan fingerprint density at radius 1 is 0.109 bits per heavy atom. The Morgan fingerprint density at radius 3 is 0.635 bits per heavy atom. The summed E-state index contributed by atoms with van der Waals surface area (Å²) >= 11 is 0. The molecule has 0 heterocycles. The molecule has 0 aliphatic carbocycles. The number of fused-ring (bicyclic) bond motifs is 5. The molecular weight excluding hydrogens is 1660 g/mol. The standard InChI is InChI=1S/2C45H34N2.C41H32N2/c1-46(43-28-22-34-12-5-7-14-38(34)30-43)41-24-18-36(19-25-41)37-20-26-42(27-21-37)47(45-29-23-35-13-6-8-15-39(35)32-45)44-17-9-16-40(31-44)33-10-3-2-4-11-33;1-46(45-20-10-16-37-14-7-8-19-44(37)45)40-26-21-35(22-27-40)36-23-28-41(29-24-36)47(43-30-25-34-13-5-6-15-38(34)32-43)42-18-9-17-39(31-42)33-11-3-2-4-12-33;1-42(37-16-6-3-7-17-37)38-24-19-33(20-25-38)34-21-26-39(27-22-34)43(41-28-23-32-13-8-9-14-35(32)30-41)40-18-10-15-36(29-40)31-11-4-2-5-12-31/h2*2-32H,1H3;2-30H,1H3. The van der Waals surface area contributed by atoms with E-state index in [1.165, 1.54) is 138 Å². The van der Waals surface area contributed by atoms with E-state index in [0.29, 0.717) is 0 Å². The molecule has 0 saturated heterocycles. The summed E-state index contributed by atoms with van der Waals surface area (Å²) in [5.74, 6) is 0. The van der Waals surface area contributed by atoms with E-state index in [4.69, 9.17) is 0 Å². The second-order valence-electron chi connectivity index (χ2n) is 34.7. The van der Waals surface area contributed by atoms with Gasteiger partial charge in [0.05, 0.1) is 0 Å². The maximum atomic E-state index is 2.35. The van der Waals surface area contributed by atoms with Crippen LogP contribution in [0.25, 0.3) is 121 Å². The van der Waals surface area contributed by atoms with Gasteiger partial charge in [-0.25, -0.2) is 0 Å². The first-order chi connectivity index (χ1) is 67.6. The van der Waals surface area contributed by atoms with Crippen molar-refractivity contribution in [2.75, 3.05) is 50.5 Å². The van der Waals surface area contributed by atoms with Gasteiger partial charge in [0, 0.05) is 112 Å². The predicted molar refractivity (Wildman–Crippen MR) is 587 cm³/mol. The van der Waals surface area contributed by atoms with Crippen molar-refractivity contribution in [1.82, 2.24) is 0 Å². The highest BCUT2D eigenvalue weighted by molar-refractivity contribution is 5.98. The lowest BCUT2D eigenvalue weighted by Crippen LogP contribution is -2.10. The lowest BCUT2D eigenvalue weighted by molar-refractivity contribution is 1.21. The molecule has 0 radical (unpaired) electrons.